The van der Waals surface area contributed by atoms with E-state index in [-0.39, 0.29) is 24.4 Å². The number of benzene rings is 3. The van der Waals surface area contributed by atoms with Crippen molar-refractivity contribution in [2.24, 2.45) is 0 Å². The molecule has 0 spiro atoms. The standard InChI is InChI=1S/C20H17BrFNO2/c1-13(14-6-9-16(22)10-7-14)23-19(24)12-25-18-11-8-15-4-2-3-5-17(15)20(18)21/h2-11,13H,12H2,1H3,(H,23,24)/t13-/m1/s1. The van der Waals surface area contributed by atoms with E-state index >= 15 is 0 Å². The van der Waals surface area contributed by atoms with E-state index in [4.69, 9.17) is 4.74 Å². The topological polar surface area (TPSA) is 38.3 Å². The van der Waals surface area contributed by atoms with Crippen LogP contribution >= 0.6 is 15.9 Å². The number of hydrogen-bond donors (Lipinski definition) is 1. The van der Waals surface area contributed by atoms with E-state index in [0.717, 1.165) is 20.8 Å². The highest BCUT2D eigenvalue weighted by atomic mass is 79.9. The zero-order valence-electron chi connectivity index (χ0n) is 13.6. The fourth-order valence-electron chi connectivity index (χ4n) is 2.59. The molecule has 0 unspecified atom stereocenters. The summed E-state index contributed by atoms with van der Waals surface area (Å²) in [6.45, 7) is 1.75. The van der Waals surface area contributed by atoms with E-state index in [0.29, 0.717) is 5.75 Å². The minimum absolute atomic E-state index is 0.0948. The first kappa shape index (κ1) is 17.4. The Kier molecular flexibility index (Phi) is 5.34. The van der Waals surface area contributed by atoms with Crippen molar-refractivity contribution in [1.29, 1.82) is 0 Å². The summed E-state index contributed by atoms with van der Waals surface area (Å²) in [7, 11) is 0. The quantitative estimate of drug-likeness (QED) is 0.653. The Bertz CT molecular complexity index is 896. The molecular weight excluding hydrogens is 385 g/mol. The highest BCUT2D eigenvalue weighted by molar-refractivity contribution is 9.10. The number of carbonyl (C=O) groups is 1. The number of amides is 1. The predicted molar refractivity (Wildman–Crippen MR) is 100 cm³/mol. The molecule has 0 radical (unpaired) electrons. The van der Waals surface area contributed by atoms with Gasteiger partial charge in [-0.3, -0.25) is 4.79 Å². The van der Waals surface area contributed by atoms with Crippen LogP contribution in [0.2, 0.25) is 0 Å². The highest BCUT2D eigenvalue weighted by Crippen LogP contribution is 2.32. The van der Waals surface area contributed by atoms with Gasteiger partial charge in [-0.25, -0.2) is 4.39 Å². The van der Waals surface area contributed by atoms with Crippen LogP contribution in [-0.4, -0.2) is 12.5 Å². The third-order valence-electron chi connectivity index (χ3n) is 3.93. The van der Waals surface area contributed by atoms with Gasteiger partial charge in [-0.1, -0.05) is 42.5 Å². The van der Waals surface area contributed by atoms with Gasteiger partial charge < -0.3 is 10.1 Å². The molecule has 1 atom stereocenters. The maximum Gasteiger partial charge on any atom is 0.258 e. The molecule has 3 rings (SSSR count). The van der Waals surface area contributed by atoms with Crippen LogP contribution < -0.4 is 10.1 Å². The lowest BCUT2D eigenvalue weighted by molar-refractivity contribution is -0.123. The molecule has 1 N–H and O–H groups in total. The van der Waals surface area contributed by atoms with Crippen LogP contribution in [0.3, 0.4) is 0 Å². The number of halogens is 2. The SMILES string of the molecule is C[C@@H](NC(=O)COc1ccc2ccccc2c1Br)c1ccc(F)cc1. The number of hydrogen-bond acceptors (Lipinski definition) is 2. The lowest BCUT2D eigenvalue weighted by Crippen LogP contribution is -2.31. The molecule has 3 nitrogen and oxygen atoms in total. The summed E-state index contributed by atoms with van der Waals surface area (Å²) in [4.78, 5) is 12.1. The van der Waals surface area contributed by atoms with Crippen LogP contribution in [-0.2, 0) is 4.79 Å². The molecule has 25 heavy (non-hydrogen) atoms. The Morgan fingerprint density at radius 3 is 2.60 bits per heavy atom. The second kappa shape index (κ2) is 7.66. The Morgan fingerprint density at radius 1 is 1.12 bits per heavy atom. The number of nitrogens with one attached hydrogen (secondary N) is 1. The Balaban J connectivity index is 1.62. The van der Waals surface area contributed by atoms with Gasteiger partial charge in [-0.15, -0.1) is 0 Å². The summed E-state index contributed by atoms with van der Waals surface area (Å²) >= 11 is 3.53. The predicted octanol–water partition coefficient (Wildman–Crippen LogP) is 5.00. The number of rotatable bonds is 5. The van der Waals surface area contributed by atoms with Crippen LogP contribution in [0, 0.1) is 5.82 Å². The third-order valence-corrected chi connectivity index (χ3v) is 4.75. The molecule has 0 aromatic heterocycles. The molecular formula is C20H17BrFNO2. The van der Waals surface area contributed by atoms with Gasteiger partial charge in [0.2, 0.25) is 0 Å². The summed E-state index contributed by atoms with van der Waals surface area (Å²) in [5, 5.41) is 4.96. The lowest BCUT2D eigenvalue weighted by atomic mass is 10.1. The van der Waals surface area contributed by atoms with E-state index in [9.17, 15) is 9.18 Å². The smallest absolute Gasteiger partial charge is 0.258 e. The van der Waals surface area contributed by atoms with Crippen LogP contribution in [0.1, 0.15) is 18.5 Å². The largest absolute Gasteiger partial charge is 0.483 e. The molecule has 3 aromatic rings. The fourth-order valence-corrected chi connectivity index (χ4v) is 3.19. The van der Waals surface area contributed by atoms with Crippen molar-refractivity contribution in [3.63, 3.8) is 0 Å². The first-order valence-corrected chi connectivity index (χ1v) is 8.69. The number of fused-ring (bicyclic) bond motifs is 1. The molecule has 0 saturated carbocycles. The molecule has 1 amide bonds. The van der Waals surface area contributed by atoms with Crippen LogP contribution in [0.5, 0.6) is 5.75 Å². The zero-order chi connectivity index (χ0) is 17.8. The summed E-state index contributed by atoms with van der Waals surface area (Å²) in [6, 6.07) is 17.6. The highest BCUT2D eigenvalue weighted by Gasteiger charge is 2.12. The number of ether oxygens (including phenoxy) is 1. The van der Waals surface area contributed by atoms with Gasteiger partial charge in [0.15, 0.2) is 6.61 Å². The van der Waals surface area contributed by atoms with Crippen molar-refractivity contribution in [2.45, 2.75) is 13.0 Å². The van der Waals surface area contributed by atoms with Crippen molar-refractivity contribution >= 4 is 32.6 Å². The van der Waals surface area contributed by atoms with Crippen molar-refractivity contribution in [1.82, 2.24) is 5.32 Å². The van der Waals surface area contributed by atoms with E-state index in [2.05, 4.69) is 21.2 Å². The van der Waals surface area contributed by atoms with E-state index in [1.165, 1.54) is 12.1 Å². The minimum atomic E-state index is -0.299. The van der Waals surface area contributed by atoms with Gasteiger partial charge in [0.05, 0.1) is 10.5 Å². The van der Waals surface area contributed by atoms with E-state index in [1.807, 2.05) is 43.3 Å². The maximum absolute atomic E-state index is 13.0. The van der Waals surface area contributed by atoms with Gasteiger partial charge in [-0.05, 0) is 57.4 Å². The van der Waals surface area contributed by atoms with Gasteiger partial charge in [-0.2, -0.15) is 0 Å². The van der Waals surface area contributed by atoms with E-state index in [1.54, 1.807) is 12.1 Å². The van der Waals surface area contributed by atoms with Crippen molar-refractivity contribution in [3.05, 3.63) is 76.5 Å². The zero-order valence-corrected chi connectivity index (χ0v) is 15.2. The summed E-state index contributed by atoms with van der Waals surface area (Å²) in [5.41, 5.74) is 0.835. The molecule has 0 bridgehead atoms. The second-order valence-electron chi connectivity index (χ2n) is 5.73. The first-order chi connectivity index (χ1) is 12.0. The third kappa shape index (κ3) is 4.17. The van der Waals surface area contributed by atoms with Gasteiger partial charge in [0, 0.05) is 0 Å². The maximum atomic E-state index is 13.0. The molecule has 0 fully saturated rings. The number of carbonyl (C=O) groups excluding carboxylic acids is 1. The molecule has 3 aromatic carbocycles. The van der Waals surface area contributed by atoms with Crippen LogP contribution in [0.15, 0.2) is 65.1 Å². The minimum Gasteiger partial charge on any atom is -0.483 e. The Hall–Kier alpha value is -2.40. The summed E-state index contributed by atoms with van der Waals surface area (Å²) < 4.78 is 19.4. The average Bonchev–Trinajstić information content (AvgIpc) is 2.62. The van der Waals surface area contributed by atoms with Crippen molar-refractivity contribution < 1.29 is 13.9 Å². The fraction of sp³-hybridized carbons (Fsp3) is 0.150. The van der Waals surface area contributed by atoms with Crippen LogP contribution in [0.4, 0.5) is 4.39 Å². The lowest BCUT2D eigenvalue weighted by Gasteiger charge is -2.15. The van der Waals surface area contributed by atoms with Crippen LogP contribution in [0.25, 0.3) is 10.8 Å². The van der Waals surface area contributed by atoms with Crippen molar-refractivity contribution in [2.75, 3.05) is 6.61 Å². The Morgan fingerprint density at radius 2 is 1.84 bits per heavy atom. The van der Waals surface area contributed by atoms with Gasteiger partial charge in [0.25, 0.3) is 5.91 Å². The molecule has 5 heteroatoms. The molecule has 128 valence electrons. The van der Waals surface area contributed by atoms with Crippen molar-refractivity contribution in [3.8, 4) is 5.75 Å². The summed E-state index contributed by atoms with van der Waals surface area (Å²) in [6.07, 6.45) is 0. The molecule has 0 heterocycles. The second-order valence-corrected chi connectivity index (χ2v) is 6.52. The molecule has 0 aliphatic carbocycles. The average molecular weight is 402 g/mol. The van der Waals surface area contributed by atoms with E-state index < -0.39 is 0 Å². The molecule has 0 aliphatic heterocycles. The van der Waals surface area contributed by atoms with Gasteiger partial charge in [0.1, 0.15) is 11.6 Å². The molecule has 0 aliphatic rings. The first-order valence-electron chi connectivity index (χ1n) is 7.89. The Labute approximate surface area is 153 Å². The molecule has 0 saturated heterocycles. The summed E-state index contributed by atoms with van der Waals surface area (Å²) in [5.74, 6) is 0.0759. The normalized spacial score (nSPS) is 12.0. The monoisotopic (exact) mass is 401 g/mol. The van der Waals surface area contributed by atoms with Gasteiger partial charge >= 0.3 is 0 Å².